The van der Waals surface area contributed by atoms with Gasteiger partial charge < -0.3 is 0 Å². The summed E-state index contributed by atoms with van der Waals surface area (Å²) >= 11 is 6.16. The van der Waals surface area contributed by atoms with E-state index in [4.69, 9.17) is 11.6 Å². The van der Waals surface area contributed by atoms with Crippen molar-refractivity contribution >= 4 is 17.4 Å². The maximum atomic E-state index is 12.0. The lowest BCUT2D eigenvalue weighted by Gasteiger charge is -2.02. The van der Waals surface area contributed by atoms with Gasteiger partial charge in [0.05, 0.1) is 5.69 Å². The third-order valence-corrected chi connectivity index (χ3v) is 3.67. The Morgan fingerprint density at radius 1 is 1.32 bits per heavy atom. The molecular weight excluding hydrogens is 260 g/mol. The van der Waals surface area contributed by atoms with Gasteiger partial charge in [-0.3, -0.25) is 9.48 Å². The van der Waals surface area contributed by atoms with Crippen molar-refractivity contribution in [3.8, 4) is 0 Å². The Labute approximate surface area is 118 Å². The fourth-order valence-electron chi connectivity index (χ4n) is 2.15. The minimum atomic E-state index is 0.179. The van der Waals surface area contributed by atoms with Crippen LogP contribution in [0.25, 0.3) is 0 Å². The number of ketones is 1. The number of carbonyl (C=O) groups is 1. The number of hydrogen-bond acceptors (Lipinski definition) is 2. The van der Waals surface area contributed by atoms with Crippen LogP contribution in [0, 0.1) is 6.92 Å². The smallest absolute Gasteiger partial charge is 0.162 e. The van der Waals surface area contributed by atoms with Gasteiger partial charge in [0.15, 0.2) is 5.78 Å². The van der Waals surface area contributed by atoms with Crippen molar-refractivity contribution in [2.45, 2.75) is 26.2 Å². The summed E-state index contributed by atoms with van der Waals surface area (Å²) in [5, 5.41) is 4.94. The molecule has 0 saturated heterocycles. The maximum absolute atomic E-state index is 12.0. The van der Waals surface area contributed by atoms with Crippen LogP contribution in [0.3, 0.4) is 0 Å². The van der Waals surface area contributed by atoms with Crippen LogP contribution in [-0.4, -0.2) is 15.6 Å². The van der Waals surface area contributed by atoms with E-state index in [1.54, 1.807) is 4.68 Å². The van der Waals surface area contributed by atoms with Gasteiger partial charge in [-0.1, -0.05) is 41.9 Å². The summed E-state index contributed by atoms with van der Waals surface area (Å²) in [6.45, 7) is 1.94. The molecule has 0 atom stereocenters. The van der Waals surface area contributed by atoms with Crippen LogP contribution in [-0.2, 0) is 13.5 Å². The minimum Gasteiger partial charge on any atom is -0.294 e. The lowest BCUT2D eigenvalue weighted by molar-refractivity contribution is 0.0980. The number of carbonyl (C=O) groups excluding carboxylic acids is 1. The van der Waals surface area contributed by atoms with Gasteiger partial charge in [-0.05, 0) is 19.8 Å². The Balaban J connectivity index is 1.92. The number of benzene rings is 1. The molecule has 100 valence electrons. The van der Waals surface area contributed by atoms with E-state index in [2.05, 4.69) is 5.10 Å². The number of hydrogen-bond donors (Lipinski definition) is 0. The molecule has 0 aliphatic heterocycles. The number of halogens is 1. The molecule has 0 aliphatic rings. The van der Waals surface area contributed by atoms with Crippen LogP contribution in [0.5, 0.6) is 0 Å². The molecule has 0 radical (unpaired) electrons. The summed E-state index contributed by atoms with van der Waals surface area (Å²) in [5.74, 6) is 0.179. The van der Waals surface area contributed by atoms with Gasteiger partial charge in [-0.2, -0.15) is 5.10 Å². The second-order valence-electron chi connectivity index (χ2n) is 4.62. The SMILES string of the molecule is Cc1nn(C)c(Cl)c1CCCC(=O)c1ccccc1. The van der Waals surface area contributed by atoms with E-state index < -0.39 is 0 Å². The van der Waals surface area contributed by atoms with Gasteiger partial charge in [-0.15, -0.1) is 0 Å². The van der Waals surface area contributed by atoms with Crippen molar-refractivity contribution in [3.63, 3.8) is 0 Å². The Kier molecular flexibility index (Phi) is 4.38. The maximum Gasteiger partial charge on any atom is 0.162 e. The van der Waals surface area contributed by atoms with Crippen molar-refractivity contribution < 1.29 is 4.79 Å². The van der Waals surface area contributed by atoms with Gasteiger partial charge in [-0.25, -0.2) is 0 Å². The predicted octanol–water partition coefficient (Wildman–Crippen LogP) is 3.59. The van der Waals surface area contributed by atoms with Gasteiger partial charge in [0.1, 0.15) is 5.15 Å². The van der Waals surface area contributed by atoms with Crippen molar-refractivity contribution in [3.05, 3.63) is 52.3 Å². The number of aryl methyl sites for hydroxylation is 2. The van der Waals surface area contributed by atoms with Crippen LogP contribution in [0.2, 0.25) is 5.15 Å². The lowest BCUT2D eigenvalue weighted by atomic mass is 10.0. The summed E-state index contributed by atoms with van der Waals surface area (Å²) in [7, 11) is 1.83. The number of Topliss-reactive ketones (excluding diaryl/α,β-unsaturated/α-hetero) is 1. The fraction of sp³-hybridized carbons (Fsp3) is 0.333. The molecule has 0 N–H and O–H groups in total. The van der Waals surface area contributed by atoms with E-state index in [-0.39, 0.29) is 5.78 Å². The second kappa shape index (κ2) is 6.02. The highest BCUT2D eigenvalue weighted by molar-refractivity contribution is 6.30. The molecule has 2 aromatic rings. The molecule has 1 aromatic heterocycles. The summed E-state index contributed by atoms with van der Waals surface area (Å²) in [6, 6.07) is 9.38. The molecule has 3 nitrogen and oxygen atoms in total. The van der Waals surface area contributed by atoms with Gasteiger partial charge >= 0.3 is 0 Å². The topological polar surface area (TPSA) is 34.9 Å². The van der Waals surface area contributed by atoms with E-state index in [0.717, 1.165) is 29.7 Å². The zero-order valence-electron chi connectivity index (χ0n) is 11.2. The fourth-order valence-corrected chi connectivity index (χ4v) is 2.42. The average molecular weight is 277 g/mol. The van der Waals surface area contributed by atoms with Crippen LogP contribution >= 0.6 is 11.6 Å². The minimum absolute atomic E-state index is 0.179. The van der Waals surface area contributed by atoms with E-state index in [1.807, 2.05) is 44.3 Å². The summed E-state index contributed by atoms with van der Waals surface area (Å²) < 4.78 is 1.67. The van der Waals surface area contributed by atoms with Gasteiger partial charge in [0.25, 0.3) is 0 Å². The second-order valence-corrected chi connectivity index (χ2v) is 4.98. The molecule has 0 spiro atoms. The Morgan fingerprint density at radius 3 is 2.58 bits per heavy atom. The van der Waals surface area contributed by atoms with Crippen LogP contribution in [0.1, 0.15) is 34.5 Å². The average Bonchev–Trinajstić information content (AvgIpc) is 2.66. The van der Waals surface area contributed by atoms with E-state index in [9.17, 15) is 4.79 Å². The molecule has 0 fully saturated rings. The highest BCUT2D eigenvalue weighted by Gasteiger charge is 2.12. The van der Waals surface area contributed by atoms with Crippen molar-refractivity contribution in [1.29, 1.82) is 0 Å². The molecule has 0 aliphatic carbocycles. The summed E-state index contributed by atoms with van der Waals surface area (Å²) in [4.78, 5) is 12.0. The van der Waals surface area contributed by atoms with Crippen LogP contribution in [0.4, 0.5) is 0 Å². The first kappa shape index (κ1) is 13.8. The first-order chi connectivity index (χ1) is 9.09. The standard InChI is InChI=1S/C15H17ClN2O/c1-11-13(15(16)18(2)17-11)9-6-10-14(19)12-7-4-3-5-8-12/h3-5,7-8H,6,9-10H2,1-2H3. The Hall–Kier alpha value is -1.61. The first-order valence-electron chi connectivity index (χ1n) is 6.36. The molecule has 2 rings (SSSR count). The van der Waals surface area contributed by atoms with E-state index >= 15 is 0 Å². The molecule has 0 amide bonds. The molecule has 0 unspecified atom stereocenters. The molecule has 0 bridgehead atoms. The number of rotatable bonds is 5. The normalized spacial score (nSPS) is 10.7. The molecule has 1 heterocycles. The highest BCUT2D eigenvalue weighted by Crippen LogP contribution is 2.21. The van der Waals surface area contributed by atoms with Crippen molar-refractivity contribution in [2.24, 2.45) is 7.05 Å². The molecule has 1 aromatic carbocycles. The predicted molar refractivity (Wildman–Crippen MR) is 76.7 cm³/mol. The van der Waals surface area contributed by atoms with E-state index in [0.29, 0.717) is 11.6 Å². The summed E-state index contributed by atoms with van der Waals surface area (Å²) in [5.41, 5.74) is 2.76. The molecule has 0 saturated carbocycles. The largest absolute Gasteiger partial charge is 0.294 e. The molecule has 19 heavy (non-hydrogen) atoms. The number of nitrogens with zero attached hydrogens (tertiary/aromatic N) is 2. The van der Waals surface area contributed by atoms with Crippen molar-refractivity contribution in [2.75, 3.05) is 0 Å². The highest BCUT2D eigenvalue weighted by atomic mass is 35.5. The monoisotopic (exact) mass is 276 g/mol. The Bertz CT molecular complexity index is 575. The first-order valence-corrected chi connectivity index (χ1v) is 6.73. The third-order valence-electron chi connectivity index (χ3n) is 3.20. The van der Waals surface area contributed by atoms with Crippen molar-refractivity contribution in [1.82, 2.24) is 9.78 Å². The van der Waals surface area contributed by atoms with E-state index in [1.165, 1.54) is 0 Å². The zero-order chi connectivity index (χ0) is 13.8. The van der Waals surface area contributed by atoms with Gasteiger partial charge in [0.2, 0.25) is 0 Å². The quantitative estimate of drug-likeness (QED) is 0.782. The Morgan fingerprint density at radius 2 is 2.00 bits per heavy atom. The summed E-state index contributed by atoms with van der Waals surface area (Å²) in [6.07, 6.45) is 2.12. The zero-order valence-corrected chi connectivity index (χ0v) is 11.9. The van der Waals surface area contributed by atoms with Gasteiger partial charge in [0, 0.05) is 24.6 Å². The third kappa shape index (κ3) is 3.24. The number of aromatic nitrogens is 2. The molecular formula is C15H17ClN2O. The van der Waals surface area contributed by atoms with Crippen LogP contribution in [0.15, 0.2) is 30.3 Å². The van der Waals surface area contributed by atoms with Crippen LogP contribution < -0.4 is 0 Å². The molecule has 4 heteroatoms. The lowest BCUT2D eigenvalue weighted by Crippen LogP contribution is -2.00.